The van der Waals surface area contributed by atoms with Gasteiger partial charge in [0.25, 0.3) is 5.69 Å². The lowest BCUT2D eigenvalue weighted by Crippen LogP contribution is -2.16. The fourth-order valence-electron chi connectivity index (χ4n) is 3.83. The quantitative estimate of drug-likeness (QED) is 0.191. The molecule has 1 unspecified atom stereocenters. The first kappa shape index (κ1) is 21.6. The summed E-state index contributed by atoms with van der Waals surface area (Å²) < 4.78 is 11.7. The lowest BCUT2D eigenvalue weighted by Gasteiger charge is -2.25. The molecule has 158 valence electrons. The maximum absolute atomic E-state index is 12.7. The van der Waals surface area contributed by atoms with Gasteiger partial charge in [-0.25, -0.2) is 0 Å². The Morgan fingerprint density at radius 2 is 1.90 bits per heavy atom. The smallest absolute Gasteiger partial charge is 0.315 e. The van der Waals surface area contributed by atoms with Crippen molar-refractivity contribution in [2.24, 2.45) is 0 Å². The number of nitrogens with zero attached hydrogens (tertiary/aromatic N) is 1. The van der Waals surface area contributed by atoms with Crippen LogP contribution < -0.4 is 9.47 Å². The van der Waals surface area contributed by atoms with Gasteiger partial charge in [0.15, 0.2) is 0 Å². The number of allylic oxidation sites excluding steroid dienone is 2. The van der Waals surface area contributed by atoms with Gasteiger partial charge in [-0.2, -0.15) is 0 Å². The van der Waals surface area contributed by atoms with Crippen LogP contribution in [0.4, 0.5) is 5.69 Å². The van der Waals surface area contributed by atoms with Crippen molar-refractivity contribution in [3.05, 3.63) is 75.4 Å². The van der Waals surface area contributed by atoms with Gasteiger partial charge in [-0.05, 0) is 52.2 Å². The van der Waals surface area contributed by atoms with Crippen molar-refractivity contribution in [1.82, 2.24) is 0 Å². The Morgan fingerprint density at radius 3 is 2.60 bits per heavy atom. The molecule has 0 fully saturated rings. The van der Waals surface area contributed by atoms with Gasteiger partial charge in [0, 0.05) is 23.1 Å². The van der Waals surface area contributed by atoms with E-state index in [1.165, 1.54) is 11.6 Å². The summed E-state index contributed by atoms with van der Waals surface area (Å²) in [5.41, 5.74) is 2.42. The summed E-state index contributed by atoms with van der Waals surface area (Å²) in [6.45, 7) is 6.02. The molecule has 0 aromatic heterocycles. The summed E-state index contributed by atoms with van der Waals surface area (Å²) in [5, 5.41) is 11.2. The van der Waals surface area contributed by atoms with Gasteiger partial charge >= 0.3 is 5.97 Å². The van der Waals surface area contributed by atoms with Gasteiger partial charge in [0.2, 0.25) is 0 Å². The van der Waals surface area contributed by atoms with Crippen LogP contribution in [0.5, 0.6) is 11.5 Å². The van der Waals surface area contributed by atoms with E-state index in [0.29, 0.717) is 17.1 Å². The number of nitro benzene ring substituents is 1. The Hall–Kier alpha value is -3.15. The molecule has 6 heteroatoms. The third-order valence-electron chi connectivity index (χ3n) is 5.08. The predicted molar refractivity (Wildman–Crippen MR) is 115 cm³/mol. The lowest BCUT2D eigenvalue weighted by atomic mass is 9.85. The molecule has 0 saturated heterocycles. The highest BCUT2D eigenvalue weighted by Crippen LogP contribution is 2.42. The van der Waals surface area contributed by atoms with E-state index < -0.39 is 10.9 Å². The summed E-state index contributed by atoms with van der Waals surface area (Å²) in [6.07, 6.45) is 5.10. The molecule has 1 aliphatic rings. The Bertz CT molecular complexity index is 964. The van der Waals surface area contributed by atoms with Crippen molar-refractivity contribution in [2.45, 2.75) is 58.5 Å². The first-order chi connectivity index (χ1) is 14.3. The second-order valence-corrected chi connectivity index (χ2v) is 7.88. The van der Waals surface area contributed by atoms with Crippen LogP contribution >= 0.6 is 0 Å². The molecule has 0 heterocycles. The molecule has 1 aliphatic carbocycles. The van der Waals surface area contributed by atoms with Crippen LogP contribution in [0.2, 0.25) is 0 Å². The predicted octanol–water partition coefficient (Wildman–Crippen LogP) is 5.74. The van der Waals surface area contributed by atoms with Crippen molar-refractivity contribution in [3.8, 4) is 11.5 Å². The Labute approximate surface area is 176 Å². The number of ether oxygens (including phenoxy) is 2. The number of nitro groups is 1. The van der Waals surface area contributed by atoms with E-state index in [2.05, 4.69) is 13.0 Å². The van der Waals surface area contributed by atoms with Crippen molar-refractivity contribution in [1.29, 1.82) is 0 Å². The fraction of sp³-hybridized carbons (Fsp3) is 0.375. The fourth-order valence-corrected chi connectivity index (χ4v) is 3.83. The summed E-state index contributed by atoms with van der Waals surface area (Å²) in [6, 6.07) is 11.7. The number of hydrogen-bond acceptors (Lipinski definition) is 5. The third-order valence-corrected chi connectivity index (χ3v) is 5.08. The first-order valence-corrected chi connectivity index (χ1v) is 10.2. The molecule has 0 spiro atoms. The molecule has 0 radical (unpaired) electrons. The number of benzene rings is 2. The molecule has 0 aliphatic heterocycles. The van der Waals surface area contributed by atoms with Crippen LogP contribution in [0.15, 0.2) is 54.1 Å². The molecule has 6 nitrogen and oxygen atoms in total. The molecular weight excluding hydrogens is 382 g/mol. The monoisotopic (exact) mass is 409 g/mol. The topological polar surface area (TPSA) is 78.7 Å². The Kier molecular flexibility index (Phi) is 6.87. The molecule has 3 rings (SSSR count). The molecular formula is C24H27NO5. The van der Waals surface area contributed by atoms with Crippen LogP contribution in [0.25, 0.3) is 0 Å². The van der Waals surface area contributed by atoms with Gasteiger partial charge in [-0.3, -0.25) is 14.9 Å². The highest BCUT2D eigenvalue weighted by molar-refractivity contribution is 5.77. The maximum Gasteiger partial charge on any atom is 0.315 e. The van der Waals surface area contributed by atoms with E-state index in [0.717, 1.165) is 24.8 Å². The van der Waals surface area contributed by atoms with E-state index in [-0.39, 0.29) is 24.1 Å². The number of rotatable bonds is 7. The van der Waals surface area contributed by atoms with Crippen LogP contribution in [-0.2, 0) is 11.2 Å². The minimum Gasteiger partial charge on any atom is -0.491 e. The number of carbonyl (C=O) groups is 1. The first-order valence-electron chi connectivity index (χ1n) is 10.2. The lowest BCUT2D eigenvalue weighted by molar-refractivity contribution is -0.385. The normalized spacial score (nSPS) is 16.1. The van der Waals surface area contributed by atoms with Crippen LogP contribution in [0.3, 0.4) is 0 Å². The molecule has 0 saturated carbocycles. The molecule has 2 aromatic carbocycles. The second-order valence-electron chi connectivity index (χ2n) is 7.88. The van der Waals surface area contributed by atoms with Gasteiger partial charge in [0.1, 0.15) is 11.5 Å². The highest BCUT2D eigenvalue weighted by atomic mass is 16.6. The van der Waals surface area contributed by atoms with Crippen LogP contribution in [0, 0.1) is 10.1 Å². The molecule has 30 heavy (non-hydrogen) atoms. The molecule has 0 amide bonds. The van der Waals surface area contributed by atoms with E-state index in [9.17, 15) is 14.9 Å². The second kappa shape index (κ2) is 9.57. The van der Waals surface area contributed by atoms with Crippen LogP contribution in [-0.4, -0.2) is 17.0 Å². The van der Waals surface area contributed by atoms with Gasteiger partial charge in [-0.15, -0.1) is 0 Å². The molecule has 1 atom stereocenters. The minimum atomic E-state index is -0.538. The van der Waals surface area contributed by atoms with E-state index >= 15 is 0 Å². The zero-order chi connectivity index (χ0) is 21.7. The molecule has 0 N–H and O–H groups in total. The number of para-hydroxylation sites is 1. The van der Waals surface area contributed by atoms with Crippen molar-refractivity contribution in [2.75, 3.05) is 0 Å². The standard InChI is InChI=1S/C24H27NO5/c1-16(2)29-21-12-7-13-22(24(21)19-10-6-8-17(3)14-19)30-23(26)15-18-9-4-5-11-20(18)25(27)28/h4-5,7,9,11-14,16,19H,6,8,10,15H2,1-3H3. The molecule has 0 bridgehead atoms. The van der Waals surface area contributed by atoms with Crippen molar-refractivity contribution >= 4 is 11.7 Å². The van der Waals surface area contributed by atoms with Crippen LogP contribution in [0.1, 0.15) is 57.1 Å². The Morgan fingerprint density at radius 1 is 1.17 bits per heavy atom. The SMILES string of the molecule is CC1=CC(c2c(OC(=O)Cc3ccccc3[N+](=O)[O-])cccc2OC(C)C)CCC1. The minimum absolute atomic E-state index is 0.0182. The van der Waals surface area contributed by atoms with E-state index in [4.69, 9.17) is 9.47 Å². The van der Waals surface area contributed by atoms with Gasteiger partial charge in [0.05, 0.1) is 17.4 Å². The Balaban J connectivity index is 1.91. The number of carbonyl (C=O) groups excluding carboxylic acids is 1. The number of esters is 1. The van der Waals surface area contributed by atoms with Crippen molar-refractivity contribution in [3.63, 3.8) is 0 Å². The van der Waals surface area contributed by atoms with E-state index in [1.54, 1.807) is 30.3 Å². The average molecular weight is 409 g/mol. The zero-order valence-corrected chi connectivity index (χ0v) is 17.6. The summed E-state index contributed by atoms with van der Waals surface area (Å²) in [7, 11) is 0. The summed E-state index contributed by atoms with van der Waals surface area (Å²) in [4.78, 5) is 23.4. The maximum atomic E-state index is 12.7. The molecule has 2 aromatic rings. The third kappa shape index (κ3) is 5.26. The zero-order valence-electron chi connectivity index (χ0n) is 17.6. The summed E-state index contributed by atoms with van der Waals surface area (Å²) >= 11 is 0. The highest BCUT2D eigenvalue weighted by Gasteiger charge is 2.25. The average Bonchev–Trinajstić information content (AvgIpc) is 2.68. The van der Waals surface area contributed by atoms with Gasteiger partial charge in [-0.1, -0.05) is 35.9 Å². The van der Waals surface area contributed by atoms with Crippen molar-refractivity contribution < 1.29 is 19.2 Å². The summed E-state index contributed by atoms with van der Waals surface area (Å²) in [5.74, 6) is 0.718. The van der Waals surface area contributed by atoms with Gasteiger partial charge < -0.3 is 9.47 Å². The van der Waals surface area contributed by atoms with E-state index in [1.807, 2.05) is 19.9 Å². The largest absolute Gasteiger partial charge is 0.491 e. The number of hydrogen-bond donors (Lipinski definition) is 0.